The van der Waals surface area contributed by atoms with Gasteiger partial charge in [0.2, 0.25) is 5.91 Å². The lowest BCUT2D eigenvalue weighted by molar-refractivity contribution is -0.122. The standard InChI is InChI=1S/C12H18FN3O/c1-3-16(8-12(2,15)11(14)17)10-6-4-5-9(13)7-10/h4-7H,3,8,15H2,1-2H3,(H2,14,17). The van der Waals surface area contributed by atoms with Crippen molar-refractivity contribution in [1.29, 1.82) is 0 Å². The first-order valence-corrected chi connectivity index (χ1v) is 5.46. The fourth-order valence-electron chi connectivity index (χ4n) is 1.53. The van der Waals surface area contributed by atoms with Crippen LogP contribution in [-0.4, -0.2) is 24.5 Å². The molecule has 1 rings (SSSR count). The second-order valence-electron chi connectivity index (χ2n) is 4.28. The molecule has 5 heteroatoms. The van der Waals surface area contributed by atoms with Crippen LogP contribution >= 0.6 is 0 Å². The summed E-state index contributed by atoms with van der Waals surface area (Å²) < 4.78 is 13.1. The maximum atomic E-state index is 13.1. The van der Waals surface area contributed by atoms with E-state index in [1.54, 1.807) is 19.1 Å². The lowest BCUT2D eigenvalue weighted by Crippen LogP contribution is -2.57. The first-order valence-electron chi connectivity index (χ1n) is 5.46. The van der Waals surface area contributed by atoms with E-state index >= 15 is 0 Å². The Balaban J connectivity index is 2.90. The summed E-state index contributed by atoms with van der Waals surface area (Å²) in [5, 5.41) is 0. The van der Waals surface area contributed by atoms with Crippen molar-refractivity contribution in [1.82, 2.24) is 0 Å². The fourth-order valence-corrected chi connectivity index (χ4v) is 1.53. The Bertz CT molecular complexity index is 406. The summed E-state index contributed by atoms with van der Waals surface area (Å²) >= 11 is 0. The van der Waals surface area contributed by atoms with Crippen molar-refractivity contribution in [3.05, 3.63) is 30.1 Å². The molecule has 1 amide bonds. The third-order valence-electron chi connectivity index (χ3n) is 2.64. The van der Waals surface area contributed by atoms with E-state index < -0.39 is 11.4 Å². The zero-order chi connectivity index (χ0) is 13.1. The van der Waals surface area contributed by atoms with E-state index in [-0.39, 0.29) is 12.4 Å². The summed E-state index contributed by atoms with van der Waals surface area (Å²) in [6.45, 7) is 4.34. The molecular formula is C12H18FN3O. The van der Waals surface area contributed by atoms with E-state index in [0.29, 0.717) is 12.2 Å². The van der Waals surface area contributed by atoms with Crippen molar-refractivity contribution in [3.63, 3.8) is 0 Å². The van der Waals surface area contributed by atoms with Gasteiger partial charge in [0.25, 0.3) is 0 Å². The normalized spacial score (nSPS) is 14.1. The number of likely N-dealkylation sites (N-methyl/N-ethyl adjacent to an activating group) is 1. The number of anilines is 1. The Labute approximate surface area is 100 Å². The molecule has 4 N–H and O–H groups in total. The minimum absolute atomic E-state index is 0.252. The molecule has 1 aromatic rings. The number of nitrogens with two attached hydrogens (primary N) is 2. The van der Waals surface area contributed by atoms with Crippen molar-refractivity contribution in [2.75, 3.05) is 18.0 Å². The van der Waals surface area contributed by atoms with Crippen LogP contribution in [0.5, 0.6) is 0 Å². The quantitative estimate of drug-likeness (QED) is 0.800. The maximum absolute atomic E-state index is 13.1. The molecule has 0 aromatic heterocycles. The summed E-state index contributed by atoms with van der Waals surface area (Å²) in [5.41, 5.74) is 10.6. The Morgan fingerprint density at radius 1 is 1.53 bits per heavy atom. The van der Waals surface area contributed by atoms with Crippen molar-refractivity contribution >= 4 is 11.6 Å². The number of carbonyl (C=O) groups excluding carboxylic acids is 1. The van der Waals surface area contributed by atoms with Gasteiger partial charge >= 0.3 is 0 Å². The van der Waals surface area contributed by atoms with Crippen LogP contribution in [0.25, 0.3) is 0 Å². The van der Waals surface area contributed by atoms with E-state index in [4.69, 9.17) is 11.5 Å². The van der Waals surface area contributed by atoms with Crippen LogP contribution in [0.1, 0.15) is 13.8 Å². The van der Waals surface area contributed by atoms with Gasteiger partial charge in [-0.05, 0) is 32.0 Å². The molecule has 0 aliphatic heterocycles. The minimum atomic E-state index is -1.14. The summed E-state index contributed by atoms with van der Waals surface area (Å²) in [5.74, 6) is -0.897. The number of hydrogen-bond acceptors (Lipinski definition) is 3. The van der Waals surface area contributed by atoms with Crippen LogP contribution in [0.3, 0.4) is 0 Å². The molecular weight excluding hydrogens is 221 g/mol. The lowest BCUT2D eigenvalue weighted by atomic mass is 10.0. The van der Waals surface area contributed by atoms with Crippen LogP contribution in [0.15, 0.2) is 24.3 Å². The highest BCUT2D eigenvalue weighted by Gasteiger charge is 2.28. The van der Waals surface area contributed by atoms with Crippen LogP contribution in [-0.2, 0) is 4.79 Å². The largest absolute Gasteiger partial charge is 0.369 e. The third-order valence-corrected chi connectivity index (χ3v) is 2.64. The molecule has 4 nitrogen and oxygen atoms in total. The zero-order valence-corrected chi connectivity index (χ0v) is 10.1. The Morgan fingerprint density at radius 2 is 2.18 bits per heavy atom. The second kappa shape index (κ2) is 5.14. The number of benzene rings is 1. The van der Waals surface area contributed by atoms with Crippen molar-refractivity contribution in [2.45, 2.75) is 19.4 Å². The van der Waals surface area contributed by atoms with Crippen molar-refractivity contribution in [3.8, 4) is 0 Å². The first kappa shape index (κ1) is 13.4. The predicted molar refractivity (Wildman–Crippen MR) is 66.1 cm³/mol. The van der Waals surface area contributed by atoms with E-state index in [2.05, 4.69) is 0 Å². The lowest BCUT2D eigenvalue weighted by Gasteiger charge is -2.31. The van der Waals surface area contributed by atoms with Gasteiger partial charge in [-0.15, -0.1) is 0 Å². The first-order chi connectivity index (χ1) is 7.86. The van der Waals surface area contributed by atoms with E-state index in [0.717, 1.165) is 0 Å². The molecule has 1 aromatic carbocycles. The topological polar surface area (TPSA) is 72.3 Å². The van der Waals surface area contributed by atoms with Crippen LogP contribution < -0.4 is 16.4 Å². The zero-order valence-electron chi connectivity index (χ0n) is 10.1. The predicted octanol–water partition coefficient (Wildman–Crippen LogP) is 0.855. The van der Waals surface area contributed by atoms with E-state index in [1.165, 1.54) is 12.1 Å². The highest BCUT2D eigenvalue weighted by molar-refractivity contribution is 5.84. The van der Waals surface area contributed by atoms with Crippen molar-refractivity contribution < 1.29 is 9.18 Å². The summed E-state index contributed by atoms with van der Waals surface area (Å²) in [4.78, 5) is 13.0. The molecule has 0 radical (unpaired) electrons. The Morgan fingerprint density at radius 3 is 2.65 bits per heavy atom. The molecule has 0 aliphatic carbocycles. The van der Waals surface area contributed by atoms with E-state index in [1.807, 2.05) is 11.8 Å². The van der Waals surface area contributed by atoms with Gasteiger partial charge in [-0.25, -0.2) is 4.39 Å². The molecule has 1 atom stereocenters. The Hall–Kier alpha value is -1.62. The van der Waals surface area contributed by atoms with Crippen LogP contribution in [0, 0.1) is 5.82 Å². The monoisotopic (exact) mass is 239 g/mol. The third kappa shape index (κ3) is 3.42. The maximum Gasteiger partial charge on any atom is 0.239 e. The summed E-state index contributed by atoms with van der Waals surface area (Å²) in [6.07, 6.45) is 0. The number of hydrogen-bond donors (Lipinski definition) is 2. The van der Waals surface area contributed by atoms with E-state index in [9.17, 15) is 9.18 Å². The summed E-state index contributed by atoms with van der Waals surface area (Å²) in [7, 11) is 0. The highest BCUT2D eigenvalue weighted by atomic mass is 19.1. The number of nitrogens with zero attached hydrogens (tertiary/aromatic N) is 1. The average molecular weight is 239 g/mol. The van der Waals surface area contributed by atoms with Gasteiger partial charge in [0.15, 0.2) is 0 Å². The number of carbonyl (C=O) groups is 1. The number of amides is 1. The number of rotatable bonds is 5. The van der Waals surface area contributed by atoms with Gasteiger partial charge in [-0.3, -0.25) is 4.79 Å². The fraction of sp³-hybridized carbons (Fsp3) is 0.417. The molecule has 0 saturated carbocycles. The molecule has 0 spiro atoms. The van der Waals surface area contributed by atoms with Gasteiger partial charge in [0.1, 0.15) is 11.4 Å². The number of halogens is 1. The SMILES string of the molecule is CCN(CC(C)(N)C(N)=O)c1cccc(F)c1. The molecule has 94 valence electrons. The van der Waals surface area contributed by atoms with Gasteiger partial charge in [0, 0.05) is 18.8 Å². The van der Waals surface area contributed by atoms with Crippen LogP contribution in [0.2, 0.25) is 0 Å². The smallest absolute Gasteiger partial charge is 0.239 e. The molecule has 0 fully saturated rings. The van der Waals surface area contributed by atoms with Crippen LogP contribution in [0.4, 0.5) is 10.1 Å². The molecule has 0 heterocycles. The van der Waals surface area contributed by atoms with Gasteiger partial charge in [-0.1, -0.05) is 6.07 Å². The van der Waals surface area contributed by atoms with Crippen molar-refractivity contribution in [2.24, 2.45) is 11.5 Å². The molecule has 0 bridgehead atoms. The molecule has 1 unspecified atom stereocenters. The molecule has 0 aliphatic rings. The summed E-state index contributed by atoms with van der Waals surface area (Å²) in [6, 6.07) is 6.16. The van der Waals surface area contributed by atoms with Gasteiger partial charge in [-0.2, -0.15) is 0 Å². The second-order valence-corrected chi connectivity index (χ2v) is 4.28. The Kier molecular flexibility index (Phi) is 4.07. The van der Waals surface area contributed by atoms with Gasteiger partial charge < -0.3 is 16.4 Å². The highest BCUT2D eigenvalue weighted by Crippen LogP contribution is 2.17. The van der Waals surface area contributed by atoms with Gasteiger partial charge in [0.05, 0.1) is 0 Å². The minimum Gasteiger partial charge on any atom is -0.369 e. The average Bonchev–Trinajstić information content (AvgIpc) is 2.25. The molecule has 0 saturated heterocycles. The molecule has 17 heavy (non-hydrogen) atoms. The number of primary amides is 1.